The fourth-order valence-electron chi connectivity index (χ4n) is 3.88. The molecule has 4 heteroatoms. The summed E-state index contributed by atoms with van der Waals surface area (Å²) < 4.78 is 0. The highest BCUT2D eigenvalue weighted by molar-refractivity contribution is 5.54. The first-order chi connectivity index (χ1) is 11.3. The molecule has 23 heavy (non-hydrogen) atoms. The van der Waals surface area contributed by atoms with E-state index >= 15 is 0 Å². The van der Waals surface area contributed by atoms with Gasteiger partial charge in [0.05, 0.1) is 0 Å². The Morgan fingerprint density at radius 2 is 1.83 bits per heavy atom. The summed E-state index contributed by atoms with van der Waals surface area (Å²) in [6, 6.07) is 9.63. The van der Waals surface area contributed by atoms with Gasteiger partial charge in [0.15, 0.2) is 0 Å². The Morgan fingerprint density at radius 3 is 2.57 bits per heavy atom. The van der Waals surface area contributed by atoms with Crippen LogP contribution in [-0.4, -0.2) is 68.2 Å². The third-order valence-corrected chi connectivity index (χ3v) is 5.09. The molecule has 0 aliphatic carbocycles. The van der Waals surface area contributed by atoms with Gasteiger partial charge in [0.1, 0.15) is 0 Å². The highest BCUT2D eigenvalue weighted by Crippen LogP contribution is 2.23. The second-order valence-corrected chi connectivity index (χ2v) is 7.05. The standard InChI is InChI=1S/C19H32N4/c1-3-9-21-11-13-23(14-12-21)19-7-5-4-6-18(19)16-22-10-8-20-17(2)15-22/h4-7,17,20H,3,8-16H2,1-2H3. The fraction of sp³-hybridized carbons (Fsp3) is 0.684. The lowest BCUT2D eigenvalue weighted by atomic mass is 10.1. The maximum absolute atomic E-state index is 3.53. The van der Waals surface area contributed by atoms with Crippen LogP contribution in [0.15, 0.2) is 24.3 Å². The minimum atomic E-state index is 0.605. The van der Waals surface area contributed by atoms with E-state index in [0.717, 1.165) is 39.3 Å². The number of piperazine rings is 2. The van der Waals surface area contributed by atoms with Gasteiger partial charge in [-0.15, -0.1) is 0 Å². The Morgan fingerprint density at radius 1 is 1.04 bits per heavy atom. The van der Waals surface area contributed by atoms with Crippen molar-refractivity contribution in [2.45, 2.75) is 32.9 Å². The van der Waals surface area contributed by atoms with E-state index in [9.17, 15) is 0 Å². The monoisotopic (exact) mass is 316 g/mol. The van der Waals surface area contributed by atoms with Crippen molar-refractivity contribution in [3.05, 3.63) is 29.8 Å². The van der Waals surface area contributed by atoms with Crippen LogP contribution in [0.4, 0.5) is 5.69 Å². The van der Waals surface area contributed by atoms with Crippen LogP contribution >= 0.6 is 0 Å². The number of anilines is 1. The largest absolute Gasteiger partial charge is 0.369 e. The SMILES string of the molecule is CCCN1CCN(c2ccccc2CN2CCNC(C)C2)CC1. The minimum Gasteiger partial charge on any atom is -0.369 e. The van der Waals surface area contributed by atoms with Crippen LogP contribution in [-0.2, 0) is 6.54 Å². The molecule has 2 aliphatic heterocycles. The Kier molecular flexibility index (Phi) is 5.92. The lowest BCUT2D eigenvalue weighted by molar-refractivity contribution is 0.199. The molecule has 0 saturated carbocycles. The van der Waals surface area contributed by atoms with Gasteiger partial charge in [-0.2, -0.15) is 0 Å². The van der Waals surface area contributed by atoms with Gasteiger partial charge in [-0.3, -0.25) is 9.80 Å². The molecule has 2 heterocycles. The van der Waals surface area contributed by atoms with E-state index in [4.69, 9.17) is 0 Å². The molecule has 1 aromatic carbocycles. The molecule has 2 saturated heterocycles. The molecule has 0 amide bonds. The van der Waals surface area contributed by atoms with Crippen LogP contribution in [0.1, 0.15) is 25.8 Å². The second-order valence-electron chi connectivity index (χ2n) is 7.05. The average Bonchev–Trinajstić information content (AvgIpc) is 2.57. The summed E-state index contributed by atoms with van der Waals surface area (Å²) >= 11 is 0. The maximum Gasteiger partial charge on any atom is 0.0412 e. The lowest BCUT2D eigenvalue weighted by Gasteiger charge is -2.38. The average molecular weight is 316 g/mol. The number of para-hydroxylation sites is 1. The first-order valence-electron chi connectivity index (χ1n) is 9.27. The quantitative estimate of drug-likeness (QED) is 0.897. The predicted octanol–water partition coefficient (Wildman–Crippen LogP) is 2.01. The predicted molar refractivity (Wildman–Crippen MR) is 98.1 cm³/mol. The van der Waals surface area contributed by atoms with Crippen LogP contribution in [0.25, 0.3) is 0 Å². The van der Waals surface area contributed by atoms with Crippen LogP contribution in [0.3, 0.4) is 0 Å². The Bertz CT molecular complexity index is 482. The topological polar surface area (TPSA) is 21.8 Å². The molecular weight excluding hydrogens is 284 g/mol. The summed E-state index contributed by atoms with van der Waals surface area (Å²) in [6.07, 6.45) is 1.26. The number of benzene rings is 1. The molecule has 1 N–H and O–H groups in total. The zero-order chi connectivity index (χ0) is 16.1. The van der Waals surface area contributed by atoms with Crippen molar-refractivity contribution >= 4 is 5.69 Å². The van der Waals surface area contributed by atoms with Gasteiger partial charge in [0, 0.05) is 64.1 Å². The zero-order valence-electron chi connectivity index (χ0n) is 14.8. The molecule has 2 fully saturated rings. The molecular formula is C19H32N4. The number of nitrogens with one attached hydrogen (secondary N) is 1. The number of hydrogen-bond acceptors (Lipinski definition) is 4. The zero-order valence-corrected chi connectivity index (χ0v) is 14.8. The van der Waals surface area contributed by atoms with Gasteiger partial charge in [0.25, 0.3) is 0 Å². The molecule has 4 nitrogen and oxygen atoms in total. The molecule has 0 spiro atoms. The van der Waals surface area contributed by atoms with Gasteiger partial charge in [0.2, 0.25) is 0 Å². The van der Waals surface area contributed by atoms with Crippen molar-refractivity contribution in [3.8, 4) is 0 Å². The number of hydrogen-bond donors (Lipinski definition) is 1. The molecule has 1 aromatic rings. The minimum absolute atomic E-state index is 0.605. The summed E-state index contributed by atoms with van der Waals surface area (Å²) in [4.78, 5) is 7.78. The molecule has 128 valence electrons. The van der Waals surface area contributed by atoms with Crippen molar-refractivity contribution in [1.82, 2.24) is 15.1 Å². The molecule has 0 bridgehead atoms. The van der Waals surface area contributed by atoms with Crippen LogP contribution in [0.5, 0.6) is 0 Å². The molecule has 1 unspecified atom stereocenters. The highest BCUT2D eigenvalue weighted by Gasteiger charge is 2.21. The van der Waals surface area contributed by atoms with Crippen LogP contribution < -0.4 is 10.2 Å². The fourth-order valence-corrected chi connectivity index (χ4v) is 3.88. The number of nitrogens with zero attached hydrogens (tertiary/aromatic N) is 3. The Labute approximate surface area is 141 Å². The van der Waals surface area contributed by atoms with Gasteiger partial charge in [-0.05, 0) is 31.5 Å². The summed E-state index contributed by atoms with van der Waals surface area (Å²) in [5, 5.41) is 3.53. The normalized spacial score (nSPS) is 24.1. The molecule has 2 aliphatic rings. The molecule has 0 radical (unpaired) electrons. The van der Waals surface area contributed by atoms with E-state index < -0.39 is 0 Å². The summed E-state index contributed by atoms with van der Waals surface area (Å²) in [7, 11) is 0. The molecule has 3 rings (SSSR count). The summed E-state index contributed by atoms with van der Waals surface area (Å²) in [5.74, 6) is 0. The highest BCUT2D eigenvalue weighted by atomic mass is 15.3. The van der Waals surface area contributed by atoms with E-state index in [2.05, 4.69) is 58.1 Å². The molecule has 0 aromatic heterocycles. The summed E-state index contributed by atoms with van der Waals surface area (Å²) in [5.41, 5.74) is 2.94. The molecule has 1 atom stereocenters. The number of rotatable bonds is 5. The lowest BCUT2D eigenvalue weighted by Crippen LogP contribution is -2.49. The Balaban J connectivity index is 1.64. The van der Waals surface area contributed by atoms with Crippen molar-refractivity contribution < 1.29 is 0 Å². The Hall–Kier alpha value is -1.10. The van der Waals surface area contributed by atoms with Gasteiger partial charge >= 0.3 is 0 Å². The van der Waals surface area contributed by atoms with E-state index in [0.29, 0.717) is 6.04 Å². The smallest absolute Gasteiger partial charge is 0.0412 e. The summed E-state index contributed by atoms with van der Waals surface area (Å²) in [6.45, 7) is 15.0. The van der Waals surface area contributed by atoms with E-state index in [1.165, 1.54) is 37.3 Å². The van der Waals surface area contributed by atoms with Crippen molar-refractivity contribution in [2.24, 2.45) is 0 Å². The van der Waals surface area contributed by atoms with Gasteiger partial charge in [-0.1, -0.05) is 25.1 Å². The second kappa shape index (κ2) is 8.13. The van der Waals surface area contributed by atoms with E-state index in [1.807, 2.05) is 0 Å². The first-order valence-corrected chi connectivity index (χ1v) is 9.27. The van der Waals surface area contributed by atoms with Crippen molar-refractivity contribution in [1.29, 1.82) is 0 Å². The maximum atomic E-state index is 3.53. The van der Waals surface area contributed by atoms with E-state index in [-0.39, 0.29) is 0 Å². The van der Waals surface area contributed by atoms with Gasteiger partial charge in [-0.25, -0.2) is 0 Å². The van der Waals surface area contributed by atoms with Crippen LogP contribution in [0, 0.1) is 0 Å². The third kappa shape index (κ3) is 4.46. The van der Waals surface area contributed by atoms with E-state index in [1.54, 1.807) is 0 Å². The van der Waals surface area contributed by atoms with Crippen molar-refractivity contribution in [3.63, 3.8) is 0 Å². The van der Waals surface area contributed by atoms with Crippen LogP contribution in [0.2, 0.25) is 0 Å². The van der Waals surface area contributed by atoms with Crippen molar-refractivity contribution in [2.75, 3.05) is 57.3 Å². The first kappa shape index (κ1) is 16.7. The van der Waals surface area contributed by atoms with Gasteiger partial charge < -0.3 is 10.2 Å². The third-order valence-electron chi connectivity index (χ3n) is 5.09.